The van der Waals surface area contributed by atoms with Crippen molar-refractivity contribution in [2.45, 2.75) is 50.5 Å². The van der Waals surface area contributed by atoms with Crippen LogP contribution in [0.1, 0.15) is 41.9 Å². The van der Waals surface area contributed by atoms with Crippen molar-refractivity contribution in [1.29, 1.82) is 0 Å². The number of likely N-dealkylation sites (tertiary alicyclic amines) is 1. The molecule has 3 atom stereocenters. The molecule has 4 N–H and O–H groups in total. The quantitative estimate of drug-likeness (QED) is 0.180. The van der Waals surface area contributed by atoms with Gasteiger partial charge in [-0.3, -0.25) is 14.4 Å². The first-order valence-corrected chi connectivity index (χ1v) is 15.8. The summed E-state index contributed by atoms with van der Waals surface area (Å²) in [5.74, 6) is -1.79. The Bertz CT molecular complexity index is 1480. The summed E-state index contributed by atoms with van der Waals surface area (Å²) < 4.78 is 37.0. The summed E-state index contributed by atoms with van der Waals surface area (Å²) in [6.07, 6.45) is 2.06. The molecule has 226 valence electrons. The average molecular weight is 620 g/mol. The predicted molar refractivity (Wildman–Crippen MR) is 156 cm³/mol. The summed E-state index contributed by atoms with van der Waals surface area (Å²) in [6.45, 7) is 0.182. The van der Waals surface area contributed by atoms with Gasteiger partial charge >= 0.3 is 0 Å². The van der Waals surface area contributed by atoms with Gasteiger partial charge in [-0.15, -0.1) is 0 Å². The highest BCUT2D eigenvalue weighted by atomic mass is 35.5. The van der Waals surface area contributed by atoms with E-state index < -0.39 is 52.4 Å². The van der Waals surface area contributed by atoms with Gasteiger partial charge in [0, 0.05) is 18.0 Å². The molecule has 42 heavy (non-hydrogen) atoms. The lowest BCUT2D eigenvalue weighted by Crippen LogP contribution is -2.52. The fraction of sp³-hybridized carbons (Fsp3) is 0.429. The van der Waals surface area contributed by atoms with Crippen molar-refractivity contribution in [3.63, 3.8) is 0 Å². The number of nitrogens with one attached hydrogen (secondary N) is 2. The molecule has 0 saturated carbocycles. The van der Waals surface area contributed by atoms with Gasteiger partial charge in [0.1, 0.15) is 11.6 Å². The Balaban J connectivity index is 1.50. The van der Waals surface area contributed by atoms with Gasteiger partial charge in [0.05, 0.1) is 31.6 Å². The smallest absolute Gasteiger partial charge is 0.266 e. The number of carbonyl (C=O) groups is 3. The molecule has 2 aromatic carbocycles. The number of ether oxygens (including phenoxy) is 1. The number of nitrogens with zero attached hydrogens (tertiary/aromatic N) is 2. The molecule has 4 rings (SSSR count). The maximum absolute atomic E-state index is 13.6. The van der Waals surface area contributed by atoms with E-state index in [1.165, 1.54) is 4.90 Å². The highest BCUT2D eigenvalue weighted by Crippen LogP contribution is 2.24. The summed E-state index contributed by atoms with van der Waals surface area (Å²) in [7, 11) is -3.65. The third kappa shape index (κ3) is 8.58. The molecule has 0 bridgehead atoms. The molecule has 1 aliphatic heterocycles. The van der Waals surface area contributed by atoms with E-state index in [4.69, 9.17) is 26.5 Å². The second kappa shape index (κ2) is 14.2. The molecule has 0 radical (unpaired) electrons. The second-order valence-corrected chi connectivity index (χ2v) is 12.4. The lowest BCUT2D eigenvalue weighted by molar-refractivity contribution is -0.137. The number of nitrogens with two attached hydrogens (primary N) is 1. The van der Waals surface area contributed by atoms with Crippen LogP contribution in [-0.2, 0) is 31.0 Å². The minimum atomic E-state index is -3.65. The van der Waals surface area contributed by atoms with Gasteiger partial charge in [0.15, 0.2) is 5.58 Å². The molecule has 0 spiro atoms. The molecule has 12 nitrogen and oxygen atoms in total. The number of halogens is 1. The molecule has 1 fully saturated rings. The Morgan fingerprint density at radius 3 is 2.60 bits per heavy atom. The number of oxazole rings is 1. The summed E-state index contributed by atoms with van der Waals surface area (Å²) in [6, 6.07) is 12.1. The number of ketones is 1. The van der Waals surface area contributed by atoms with E-state index in [9.17, 15) is 22.8 Å². The van der Waals surface area contributed by atoms with Gasteiger partial charge in [-0.25, -0.2) is 18.1 Å². The summed E-state index contributed by atoms with van der Waals surface area (Å²) in [5, 5.41) is 3.37. The van der Waals surface area contributed by atoms with Crippen LogP contribution in [0, 0.1) is 0 Å². The van der Waals surface area contributed by atoms with Crippen molar-refractivity contribution in [3.05, 3.63) is 65.0 Å². The lowest BCUT2D eigenvalue weighted by atomic mass is 10.0. The zero-order chi connectivity index (χ0) is 30.3. The molecule has 1 aromatic heterocycles. The monoisotopic (exact) mass is 619 g/mol. The Morgan fingerprint density at radius 2 is 1.90 bits per heavy atom. The zero-order valence-corrected chi connectivity index (χ0v) is 24.7. The van der Waals surface area contributed by atoms with Gasteiger partial charge in [-0.2, -0.15) is 0 Å². The Morgan fingerprint density at radius 1 is 1.17 bits per heavy atom. The Labute approximate surface area is 249 Å². The molecule has 0 unspecified atom stereocenters. The normalized spacial score (nSPS) is 17.8. The van der Waals surface area contributed by atoms with E-state index in [-0.39, 0.29) is 31.9 Å². The first-order chi connectivity index (χ1) is 20.0. The number of Topliss-reactive ketones (excluding diaryl/α,β-unsaturated/α-hetero) is 1. The van der Waals surface area contributed by atoms with Crippen LogP contribution in [0.4, 0.5) is 0 Å². The third-order valence-corrected chi connectivity index (χ3v) is 7.78. The van der Waals surface area contributed by atoms with Crippen molar-refractivity contribution in [2.24, 2.45) is 5.73 Å². The van der Waals surface area contributed by atoms with Crippen molar-refractivity contribution in [1.82, 2.24) is 19.9 Å². The molecular weight excluding hydrogens is 586 g/mol. The van der Waals surface area contributed by atoms with Crippen LogP contribution in [0.5, 0.6) is 0 Å². The van der Waals surface area contributed by atoms with E-state index in [1.807, 2.05) is 12.1 Å². The number of rotatable bonds is 14. The number of benzene rings is 2. The Kier molecular flexibility index (Phi) is 10.7. The number of carbonyl (C=O) groups excluding carboxylic acids is 3. The number of hydrogen-bond donors (Lipinski definition) is 3. The topological polar surface area (TPSA) is 174 Å². The summed E-state index contributed by atoms with van der Waals surface area (Å²) >= 11 is 5.95. The van der Waals surface area contributed by atoms with Gasteiger partial charge in [-0.1, -0.05) is 35.9 Å². The first kappa shape index (κ1) is 31.6. The van der Waals surface area contributed by atoms with Crippen LogP contribution >= 0.6 is 11.6 Å². The standard InChI is InChI=1S/C28H34ClN5O7S/c1-42(38,39)31-15-25(35)34-16-20(40-17-18-9-11-19(29)12-10-18)14-23(34)27(37)32-22(7-4-5-13-30)26(36)28-33-21-6-2-3-8-24(21)41-28/h2-3,6,8-12,20,22-23,31H,4-5,7,13-17,30H2,1H3,(H,32,37)/t20-,22+,23+/m1/s1. The van der Waals surface area contributed by atoms with Gasteiger partial charge in [0.2, 0.25) is 27.6 Å². The van der Waals surface area contributed by atoms with Crippen LogP contribution in [-0.4, -0.2) is 80.0 Å². The molecule has 1 saturated heterocycles. The minimum Gasteiger partial charge on any atom is -0.434 e. The number of aromatic nitrogens is 1. The van der Waals surface area contributed by atoms with Crippen LogP contribution in [0.2, 0.25) is 5.02 Å². The molecule has 2 heterocycles. The molecule has 2 amide bonds. The SMILES string of the molecule is CS(=O)(=O)NCC(=O)N1C[C@H](OCc2ccc(Cl)cc2)C[C@H]1C(=O)N[C@@H](CCCCN)C(=O)c1nc2ccccc2o1. The number of amides is 2. The van der Waals surface area contributed by atoms with Crippen LogP contribution in [0.3, 0.4) is 0 Å². The summed E-state index contributed by atoms with van der Waals surface area (Å²) in [5.41, 5.74) is 7.45. The van der Waals surface area contributed by atoms with Crippen LogP contribution < -0.4 is 15.8 Å². The van der Waals surface area contributed by atoms with E-state index in [1.54, 1.807) is 36.4 Å². The maximum atomic E-state index is 13.6. The predicted octanol–water partition coefficient (Wildman–Crippen LogP) is 2.01. The molecule has 1 aliphatic rings. The third-order valence-electron chi connectivity index (χ3n) is 6.85. The first-order valence-electron chi connectivity index (χ1n) is 13.5. The van der Waals surface area contributed by atoms with Gasteiger partial charge in [0.25, 0.3) is 5.89 Å². The molecular formula is C28H34ClN5O7S. The molecule has 3 aromatic rings. The van der Waals surface area contributed by atoms with Crippen molar-refractivity contribution >= 4 is 50.3 Å². The van der Waals surface area contributed by atoms with Crippen LogP contribution in [0.25, 0.3) is 11.1 Å². The van der Waals surface area contributed by atoms with Gasteiger partial charge in [-0.05, 0) is 55.6 Å². The van der Waals surface area contributed by atoms with Crippen LogP contribution in [0.15, 0.2) is 52.9 Å². The highest BCUT2D eigenvalue weighted by molar-refractivity contribution is 7.88. The van der Waals surface area contributed by atoms with Gasteiger partial charge < -0.3 is 25.1 Å². The van der Waals surface area contributed by atoms with Crippen molar-refractivity contribution in [2.75, 3.05) is 25.9 Å². The van der Waals surface area contributed by atoms with E-state index >= 15 is 0 Å². The van der Waals surface area contributed by atoms with Crippen molar-refractivity contribution < 1.29 is 32.0 Å². The fourth-order valence-electron chi connectivity index (χ4n) is 4.69. The van der Waals surface area contributed by atoms with E-state index in [0.717, 1.165) is 11.8 Å². The highest BCUT2D eigenvalue weighted by Gasteiger charge is 2.41. The lowest BCUT2D eigenvalue weighted by Gasteiger charge is -2.25. The number of fused-ring (bicyclic) bond motifs is 1. The number of hydrogen-bond acceptors (Lipinski definition) is 9. The van der Waals surface area contributed by atoms with Crippen molar-refractivity contribution in [3.8, 4) is 0 Å². The fourth-order valence-corrected chi connectivity index (χ4v) is 5.20. The number of unbranched alkanes of at least 4 members (excludes halogenated alkanes) is 1. The largest absolute Gasteiger partial charge is 0.434 e. The van der Waals surface area contributed by atoms with E-state index in [0.29, 0.717) is 35.5 Å². The molecule has 14 heteroatoms. The number of sulfonamides is 1. The second-order valence-electron chi connectivity index (χ2n) is 10.1. The van der Waals surface area contributed by atoms with E-state index in [2.05, 4.69) is 15.0 Å². The summed E-state index contributed by atoms with van der Waals surface area (Å²) in [4.78, 5) is 45.7. The molecule has 0 aliphatic carbocycles. The average Bonchev–Trinajstić information content (AvgIpc) is 3.59. The minimum absolute atomic E-state index is 0.0624. The zero-order valence-electron chi connectivity index (χ0n) is 23.1. The maximum Gasteiger partial charge on any atom is 0.266 e. The Hall–Kier alpha value is -3.36. The number of para-hydroxylation sites is 2.